The van der Waals surface area contributed by atoms with E-state index < -0.39 is 18.0 Å². The third-order valence-corrected chi connectivity index (χ3v) is 3.68. The van der Waals surface area contributed by atoms with Gasteiger partial charge in [0.2, 0.25) is 0 Å². The highest BCUT2D eigenvalue weighted by Crippen LogP contribution is 2.41. The number of esters is 1. The average molecular weight is 341 g/mol. The molecule has 0 unspecified atom stereocenters. The highest BCUT2D eigenvalue weighted by Gasteiger charge is 2.34. The van der Waals surface area contributed by atoms with Crippen LogP contribution >= 0.6 is 11.6 Å². The van der Waals surface area contributed by atoms with Crippen LogP contribution in [0.5, 0.6) is 11.5 Å². The lowest BCUT2D eigenvalue weighted by molar-refractivity contribution is -0.136. The average Bonchev–Trinajstić information content (AvgIpc) is 2.52. The van der Waals surface area contributed by atoms with E-state index in [9.17, 15) is 9.59 Å². The molecule has 124 valence electrons. The summed E-state index contributed by atoms with van der Waals surface area (Å²) in [6.45, 7) is 1.62. The second-order valence-corrected chi connectivity index (χ2v) is 5.23. The van der Waals surface area contributed by atoms with Crippen molar-refractivity contribution in [3.05, 3.63) is 34.0 Å². The zero-order valence-electron chi connectivity index (χ0n) is 13.2. The summed E-state index contributed by atoms with van der Waals surface area (Å²) in [6.07, 6.45) is 0. The Morgan fingerprint density at radius 1 is 1.22 bits per heavy atom. The van der Waals surface area contributed by atoms with Gasteiger partial charge in [0, 0.05) is 22.3 Å². The van der Waals surface area contributed by atoms with Crippen LogP contribution in [0, 0.1) is 0 Å². The number of hydrogen-bond donors (Lipinski definition) is 2. The standard InChI is InChI=1S/C15H17ClN2O5/c1-7-11(14(19)23-4)12(18-15(20)17-7)9-5-8(16)6-10(21-2)13(9)22-3/h5-6,12H,1-4H3,(H2,17,18,20)/t12-/m1/s1. The predicted octanol–water partition coefficient (Wildman–Crippen LogP) is 2.16. The molecule has 23 heavy (non-hydrogen) atoms. The number of halogens is 1. The van der Waals surface area contributed by atoms with Gasteiger partial charge in [-0.3, -0.25) is 0 Å². The van der Waals surface area contributed by atoms with Crippen molar-refractivity contribution in [2.24, 2.45) is 0 Å². The zero-order chi connectivity index (χ0) is 17.1. The Morgan fingerprint density at radius 2 is 1.91 bits per heavy atom. The Hall–Kier alpha value is -2.41. The maximum atomic E-state index is 12.1. The van der Waals surface area contributed by atoms with Crippen molar-refractivity contribution in [2.75, 3.05) is 21.3 Å². The zero-order valence-corrected chi connectivity index (χ0v) is 13.9. The van der Waals surface area contributed by atoms with Gasteiger partial charge in [-0.05, 0) is 13.0 Å². The van der Waals surface area contributed by atoms with Crippen LogP contribution < -0.4 is 20.1 Å². The predicted molar refractivity (Wildman–Crippen MR) is 83.7 cm³/mol. The van der Waals surface area contributed by atoms with E-state index in [1.54, 1.807) is 19.1 Å². The number of urea groups is 1. The van der Waals surface area contributed by atoms with Crippen LogP contribution in [0.15, 0.2) is 23.4 Å². The first-order valence-electron chi connectivity index (χ1n) is 6.71. The van der Waals surface area contributed by atoms with Gasteiger partial charge in [-0.1, -0.05) is 11.6 Å². The van der Waals surface area contributed by atoms with Gasteiger partial charge >= 0.3 is 12.0 Å². The number of allylic oxidation sites excluding steroid dienone is 1. The van der Waals surface area contributed by atoms with E-state index in [1.165, 1.54) is 21.3 Å². The van der Waals surface area contributed by atoms with Gasteiger partial charge in [-0.25, -0.2) is 9.59 Å². The highest BCUT2D eigenvalue weighted by molar-refractivity contribution is 6.30. The van der Waals surface area contributed by atoms with Crippen LogP contribution in [0.1, 0.15) is 18.5 Å². The molecule has 2 N–H and O–H groups in total. The van der Waals surface area contributed by atoms with Crippen LogP contribution in [0.2, 0.25) is 5.02 Å². The minimum Gasteiger partial charge on any atom is -0.493 e. The number of methoxy groups -OCH3 is 3. The van der Waals surface area contributed by atoms with Crippen molar-refractivity contribution in [3.8, 4) is 11.5 Å². The second kappa shape index (κ2) is 6.78. The number of carbonyl (C=O) groups excluding carboxylic acids is 2. The fraction of sp³-hybridized carbons (Fsp3) is 0.333. The van der Waals surface area contributed by atoms with E-state index in [-0.39, 0.29) is 5.57 Å². The van der Waals surface area contributed by atoms with Crippen molar-refractivity contribution in [3.63, 3.8) is 0 Å². The highest BCUT2D eigenvalue weighted by atomic mass is 35.5. The lowest BCUT2D eigenvalue weighted by Crippen LogP contribution is -2.45. The van der Waals surface area contributed by atoms with Gasteiger partial charge in [-0.15, -0.1) is 0 Å². The minimum atomic E-state index is -0.779. The molecule has 0 fully saturated rings. The number of hydrogen-bond acceptors (Lipinski definition) is 5. The molecule has 0 saturated heterocycles. The molecular weight excluding hydrogens is 324 g/mol. The van der Waals surface area contributed by atoms with Crippen molar-refractivity contribution in [2.45, 2.75) is 13.0 Å². The van der Waals surface area contributed by atoms with E-state index in [0.29, 0.717) is 27.8 Å². The molecule has 0 bridgehead atoms. The van der Waals surface area contributed by atoms with Crippen molar-refractivity contribution in [1.82, 2.24) is 10.6 Å². The van der Waals surface area contributed by atoms with E-state index in [1.807, 2.05) is 0 Å². The van der Waals surface area contributed by atoms with Gasteiger partial charge < -0.3 is 24.8 Å². The van der Waals surface area contributed by atoms with Crippen molar-refractivity contribution < 1.29 is 23.8 Å². The number of benzene rings is 1. The molecule has 1 aromatic rings. The number of amides is 2. The molecule has 1 aliphatic rings. The molecule has 8 heteroatoms. The molecule has 0 aliphatic carbocycles. The lowest BCUT2D eigenvalue weighted by Gasteiger charge is -2.29. The third-order valence-electron chi connectivity index (χ3n) is 3.46. The number of ether oxygens (including phenoxy) is 3. The first kappa shape index (κ1) is 17.0. The molecule has 1 heterocycles. The fourth-order valence-electron chi connectivity index (χ4n) is 2.48. The molecule has 1 atom stereocenters. The van der Waals surface area contributed by atoms with Crippen LogP contribution in [0.4, 0.5) is 4.79 Å². The van der Waals surface area contributed by atoms with Gasteiger partial charge in [0.15, 0.2) is 11.5 Å². The maximum absolute atomic E-state index is 12.1. The molecule has 2 rings (SSSR count). The Balaban J connectivity index is 2.67. The topological polar surface area (TPSA) is 85.9 Å². The smallest absolute Gasteiger partial charge is 0.337 e. The molecule has 1 aliphatic heterocycles. The summed E-state index contributed by atoms with van der Waals surface area (Å²) in [5.41, 5.74) is 1.15. The largest absolute Gasteiger partial charge is 0.493 e. The first-order valence-corrected chi connectivity index (χ1v) is 7.08. The molecule has 2 amide bonds. The van der Waals surface area contributed by atoms with E-state index in [2.05, 4.69) is 10.6 Å². The van der Waals surface area contributed by atoms with Gasteiger partial charge in [0.1, 0.15) is 0 Å². The number of nitrogens with one attached hydrogen (secondary N) is 2. The summed E-state index contributed by atoms with van der Waals surface area (Å²) < 4.78 is 15.4. The van der Waals surface area contributed by atoms with Crippen LogP contribution in [0.3, 0.4) is 0 Å². The molecule has 0 radical (unpaired) electrons. The molecule has 1 aromatic carbocycles. The molecule has 7 nitrogen and oxygen atoms in total. The summed E-state index contributed by atoms with van der Waals surface area (Å²) in [5, 5.41) is 5.61. The van der Waals surface area contributed by atoms with Crippen LogP contribution in [-0.2, 0) is 9.53 Å². The normalized spacial score (nSPS) is 17.3. The second-order valence-electron chi connectivity index (χ2n) is 4.79. The summed E-state index contributed by atoms with van der Waals surface area (Å²) >= 11 is 6.11. The monoisotopic (exact) mass is 340 g/mol. The van der Waals surface area contributed by atoms with E-state index in [0.717, 1.165) is 0 Å². The first-order chi connectivity index (χ1) is 10.9. The Morgan fingerprint density at radius 3 is 2.48 bits per heavy atom. The Labute approximate surface area is 138 Å². The van der Waals surface area contributed by atoms with Crippen molar-refractivity contribution in [1.29, 1.82) is 0 Å². The Kier molecular flexibility index (Phi) is 5.00. The van der Waals surface area contributed by atoms with Crippen LogP contribution in [0.25, 0.3) is 0 Å². The van der Waals surface area contributed by atoms with E-state index in [4.69, 9.17) is 25.8 Å². The molecule has 0 saturated carbocycles. The minimum absolute atomic E-state index is 0.259. The summed E-state index contributed by atoms with van der Waals surface area (Å²) in [7, 11) is 4.21. The lowest BCUT2D eigenvalue weighted by atomic mass is 9.94. The van der Waals surface area contributed by atoms with Crippen LogP contribution in [-0.4, -0.2) is 33.3 Å². The molecule has 0 aromatic heterocycles. The number of carbonyl (C=O) groups is 2. The summed E-state index contributed by atoms with van der Waals surface area (Å²) in [6, 6.07) is 1.97. The number of rotatable bonds is 4. The Bertz CT molecular complexity index is 687. The molecule has 0 spiro atoms. The summed E-state index contributed by atoms with van der Waals surface area (Å²) in [5.74, 6) is 0.198. The maximum Gasteiger partial charge on any atom is 0.337 e. The summed E-state index contributed by atoms with van der Waals surface area (Å²) in [4.78, 5) is 24.0. The SMILES string of the molecule is COC(=O)C1=C(C)NC(=O)N[C@@H]1c1cc(Cl)cc(OC)c1OC. The van der Waals surface area contributed by atoms with Gasteiger partial charge in [0.05, 0.1) is 32.9 Å². The van der Waals surface area contributed by atoms with Crippen molar-refractivity contribution >= 4 is 23.6 Å². The van der Waals surface area contributed by atoms with Gasteiger partial charge in [0.25, 0.3) is 0 Å². The quantitative estimate of drug-likeness (QED) is 0.820. The van der Waals surface area contributed by atoms with E-state index >= 15 is 0 Å². The van der Waals surface area contributed by atoms with Gasteiger partial charge in [-0.2, -0.15) is 0 Å². The molecular formula is C15H17ClN2O5. The fourth-order valence-corrected chi connectivity index (χ4v) is 2.70. The third kappa shape index (κ3) is 3.19.